The second-order valence-corrected chi connectivity index (χ2v) is 7.80. The third-order valence-corrected chi connectivity index (χ3v) is 5.50. The van der Waals surface area contributed by atoms with Crippen LogP contribution in [0.5, 0.6) is 28.7 Å². The van der Waals surface area contributed by atoms with Gasteiger partial charge in [0.25, 0.3) is 5.91 Å². The molecule has 1 saturated heterocycles. The molecular weight excluding hydrogens is 456 g/mol. The summed E-state index contributed by atoms with van der Waals surface area (Å²) in [5, 5.41) is 5.37. The fourth-order valence-electron chi connectivity index (χ4n) is 3.64. The summed E-state index contributed by atoms with van der Waals surface area (Å²) in [6.07, 6.45) is 2.14. The van der Waals surface area contributed by atoms with Gasteiger partial charge in [0, 0.05) is 18.7 Å². The van der Waals surface area contributed by atoms with Crippen molar-refractivity contribution in [2.45, 2.75) is 25.5 Å². The number of methoxy groups -OCH3 is 4. The predicted octanol–water partition coefficient (Wildman–Crippen LogP) is 2.32. The Kier molecular flexibility index (Phi) is 9.42. The molecule has 0 saturated carbocycles. The van der Waals surface area contributed by atoms with Gasteiger partial charge in [-0.05, 0) is 42.7 Å². The van der Waals surface area contributed by atoms with Crippen molar-refractivity contribution < 1.29 is 38.0 Å². The Bertz CT molecular complexity index is 996. The molecule has 1 heterocycles. The van der Waals surface area contributed by atoms with Crippen LogP contribution in [-0.4, -0.2) is 66.1 Å². The van der Waals surface area contributed by atoms with Gasteiger partial charge in [0.2, 0.25) is 11.7 Å². The van der Waals surface area contributed by atoms with Crippen LogP contribution < -0.4 is 34.3 Å². The van der Waals surface area contributed by atoms with Crippen molar-refractivity contribution in [3.8, 4) is 28.7 Å². The van der Waals surface area contributed by atoms with E-state index in [4.69, 9.17) is 28.4 Å². The van der Waals surface area contributed by atoms with E-state index in [0.717, 1.165) is 25.0 Å². The highest BCUT2D eigenvalue weighted by Crippen LogP contribution is 2.38. The summed E-state index contributed by atoms with van der Waals surface area (Å²) in [4.78, 5) is 24.9. The number of hydrogen-bond donors (Lipinski definition) is 2. The molecule has 10 nitrogen and oxygen atoms in total. The van der Waals surface area contributed by atoms with Crippen molar-refractivity contribution >= 4 is 11.8 Å². The number of benzene rings is 2. The molecule has 0 aliphatic carbocycles. The molecule has 0 aromatic heterocycles. The van der Waals surface area contributed by atoms with Crippen LogP contribution in [0.3, 0.4) is 0 Å². The van der Waals surface area contributed by atoms with Crippen molar-refractivity contribution in [1.82, 2.24) is 10.6 Å². The van der Waals surface area contributed by atoms with Crippen LogP contribution in [0.1, 0.15) is 28.8 Å². The molecule has 0 bridgehead atoms. The molecule has 10 heteroatoms. The normalized spacial score (nSPS) is 14.7. The first-order valence-corrected chi connectivity index (χ1v) is 11.2. The second-order valence-electron chi connectivity index (χ2n) is 7.80. The molecule has 35 heavy (non-hydrogen) atoms. The van der Waals surface area contributed by atoms with Gasteiger partial charge in [-0.2, -0.15) is 0 Å². The Morgan fingerprint density at radius 3 is 2.23 bits per heavy atom. The molecule has 2 aromatic rings. The summed E-state index contributed by atoms with van der Waals surface area (Å²) in [5.41, 5.74) is 1.10. The number of amides is 2. The summed E-state index contributed by atoms with van der Waals surface area (Å²) in [6, 6.07) is 8.50. The monoisotopic (exact) mass is 488 g/mol. The van der Waals surface area contributed by atoms with E-state index in [-0.39, 0.29) is 30.7 Å². The minimum absolute atomic E-state index is 0.106. The molecule has 1 fully saturated rings. The van der Waals surface area contributed by atoms with E-state index in [1.54, 1.807) is 13.2 Å². The average Bonchev–Trinajstić information content (AvgIpc) is 3.42. The quantitative estimate of drug-likeness (QED) is 0.468. The maximum absolute atomic E-state index is 12.6. The SMILES string of the molecule is COc1cc(CNC(=O)CNC(=O)c2cc(OC)c(OC)c(OC)c2)ccc1OCC1CCCO1. The molecule has 0 spiro atoms. The minimum Gasteiger partial charge on any atom is -0.493 e. The van der Waals surface area contributed by atoms with Gasteiger partial charge in [-0.15, -0.1) is 0 Å². The number of hydrogen-bond acceptors (Lipinski definition) is 8. The predicted molar refractivity (Wildman–Crippen MR) is 128 cm³/mol. The lowest BCUT2D eigenvalue weighted by atomic mass is 10.1. The number of ether oxygens (including phenoxy) is 6. The van der Waals surface area contributed by atoms with E-state index in [2.05, 4.69) is 10.6 Å². The van der Waals surface area contributed by atoms with E-state index >= 15 is 0 Å². The van der Waals surface area contributed by atoms with Crippen LogP contribution in [0.2, 0.25) is 0 Å². The first kappa shape index (κ1) is 26.0. The molecule has 0 radical (unpaired) electrons. The van der Waals surface area contributed by atoms with Crippen LogP contribution >= 0.6 is 0 Å². The Labute approximate surface area is 204 Å². The minimum atomic E-state index is -0.450. The standard InChI is InChI=1S/C25H32N2O8/c1-30-20-10-16(7-8-19(20)35-15-18-6-5-9-34-18)13-26-23(28)14-27-25(29)17-11-21(31-2)24(33-4)22(12-17)32-3/h7-8,10-12,18H,5-6,9,13-15H2,1-4H3,(H,26,28)(H,27,29). The van der Waals surface area contributed by atoms with E-state index < -0.39 is 5.91 Å². The van der Waals surface area contributed by atoms with E-state index in [1.807, 2.05) is 12.1 Å². The highest BCUT2D eigenvalue weighted by Gasteiger charge is 2.18. The zero-order valence-corrected chi connectivity index (χ0v) is 20.5. The van der Waals surface area contributed by atoms with Gasteiger partial charge in [0.15, 0.2) is 23.0 Å². The number of carbonyl (C=O) groups is 2. The summed E-state index contributed by atoms with van der Waals surface area (Å²) in [7, 11) is 5.97. The topological polar surface area (TPSA) is 114 Å². The number of carbonyl (C=O) groups excluding carboxylic acids is 2. The summed E-state index contributed by atoms with van der Waals surface area (Å²) >= 11 is 0. The van der Waals surface area contributed by atoms with Crippen LogP contribution in [0, 0.1) is 0 Å². The lowest BCUT2D eigenvalue weighted by Crippen LogP contribution is -2.36. The lowest BCUT2D eigenvalue weighted by molar-refractivity contribution is -0.120. The zero-order chi connectivity index (χ0) is 25.2. The zero-order valence-electron chi connectivity index (χ0n) is 20.5. The third kappa shape index (κ3) is 6.92. The van der Waals surface area contributed by atoms with Crippen LogP contribution in [0.15, 0.2) is 30.3 Å². The van der Waals surface area contributed by atoms with Gasteiger partial charge in [0.05, 0.1) is 41.1 Å². The first-order valence-electron chi connectivity index (χ1n) is 11.2. The van der Waals surface area contributed by atoms with E-state index in [1.165, 1.54) is 33.5 Å². The molecule has 2 amide bonds. The van der Waals surface area contributed by atoms with Gasteiger partial charge >= 0.3 is 0 Å². The van der Waals surface area contributed by atoms with Gasteiger partial charge in [0.1, 0.15) is 6.61 Å². The number of rotatable bonds is 12. The molecule has 190 valence electrons. The molecule has 1 aliphatic rings. The largest absolute Gasteiger partial charge is 0.493 e. The lowest BCUT2D eigenvalue weighted by Gasteiger charge is -2.15. The highest BCUT2D eigenvalue weighted by molar-refractivity contribution is 5.97. The third-order valence-electron chi connectivity index (χ3n) is 5.50. The average molecular weight is 489 g/mol. The molecule has 2 aromatic carbocycles. The van der Waals surface area contributed by atoms with Crippen molar-refractivity contribution in [2.75, 3.05) is 48.2 Å². The van der Waals surface area contributed by atoms with E-state index in [0.29, 0.717) is 35.4 Å². The molecular formula is C25H32N2O8. The Morgan fingerprint density at radius 1 is 0.914 bits per heavy atom. The van der Waals surface area contributed by atoms with Crippen molar-refractivity contribution in [1.29, 1.82) is 0 Å². The van der Waals surface area contributed by atoms with Gasteiger partial charge < -0.3 is 39.1 Å². The Balaban J connectivity index is 1.51. The van der Waals surface area contributed by atoms with Crippen LogP contribution in [-0.2, 0) is 16.1 Å². The summed E-state index contributed by atoms with van der Waals surface area (Å²) in [5.74, 6) is 1.47. The fourth-order valence-corrected chi connectivity index (χ4v) is 3.64. The highest BCUT2D eigenvalue weighted by atomic mass is 16.5. The van der Waals surface area contributed by atoms with Crippen molar-refractivity contribution in [3.05, 3.63) is 41.5 Å². The van der Waals surface area contributed by atoms with Crippen molar-refractivity contribution in [2.24, 2.45) is 0 Å². The molecule has 2 N–H and O–H groups in total. The molecule has 1 atom stereocenters. The second kappa shape index (κ2) is 12.7. The van der Waals surface area contributed by atoms with Gasteiger partial charge in [-0.3, -0.25) is 9.59 Å². The Morgan fingerprint density at radius 2 is 1.63 bits per heavy atom. The van der Waals surface area contributed by atoms with Crippen molar-refractivity contribution in [3.63, 3.8) is 0 Å². The van der Waals surface area contributed by atoms with Gasteiger partial charge in [-0.25, -0.2) is 0 Å². The van der Waals surface area contributed by atoms with E-state index in [9.17, 15) is 9.59 Å². The molecule has 3 rings (SSSR count). The van der Waals surface area contributed by atoms with Crippen LogP contribution in [0.4, 0.5) is 0 Å². The smallest absolute Gasteiger partial charge is 0.251 e. The maximum Gasteiger partial charge on any atom is 0.251 e. The maximum atomic E-state index is 12.6. The number of nitrogens with one attached hydrogen (secondary N) is 2. The summed E-state index contributed by atoms with van der Waals surface area (Å²) in [6.45, 7) is 1.31. The molecule has 1 unspecified atom stereocenters. The van der Waals surface area contributed by atoms with Crippen LogP contribution in [0.25, 0.3) is 0 Å². The van der Waals surface area contributed by atoms with Gasteiger partial charge in [-0.1, -0.05) is 6.07 Å². The Hall–Kier alpha value is -3.66. The fraction of sp³-hybridized carbons (Fsp3) is 0.440. The molecule has 1 aliphatic heterocycles. The first-order chi connectivity index (χ1) is 17.0. The summed E-state index contributed by atoms with van der Waals surface area (Å²) < 4.78 is 32.6.